The van der Waals surface area contributed by atoms with Crippen molar-refractivity contribution >= 4 is 11.7 Å². The highest BCUT2D eigenvalue weighted by molar-refractivity contribution is 6.02. The van der Waals surface area contributed by atoms with Crippen molar-refractivity contribution in [2.45, 2.75) is 26.8 Å². The van der Waals surface area contributed by atoms with Crippen LogP contribution < -0.4 is 5.56 Å². The summed E-state index contributed by atoms with van der Waals surface area (Å²) in [7, 11) is 3.08. The SMILES string of the molecule is CC(=O)[C@H](C(=O)N(C)C)n1nc(-c2ccc(C)c(C)c2)ccc1=O. The first-order valence-corrected chi connectivity index (χ1v) is 7.61. The van der Waals surface area contributed by atoms with Gasteiger partial charge >= 0.3 is 0 Å². The predicted octanol–water partition coefficient (Wildman–Crippen LogP) is 1.75. The summed E-state index contributed by atoms with van der Waals surface area (Å²) in [6.45, 7) is 5.28. The summed E-state index contributed by atoms with van der Waals surface area (Å²) in [6, 6.07) is 7.50. The minimum atomic E-state index is -1.25. The number of hydrogen-bond acceptors (Lipinski definition) is 4. The third-order valence-electron chi connectivity index (χ3n) is 3.93. The van der Waals surface area contributed by atoms with Gasteiger partial charge in [-0.1, -0.05) is 12.1 Å². The summed E-state index contributed by atoms with van der Waals surface area (Å²) in [5, 5.41) is 4.27. The van der Waals surface area contributed by atoms with Crippen molar-refractivity contribution < 1.29 is 9.59 Å². The second-order valence-corrected chi connectivity index (χ2v) is 6.05. The Kier molecular flexibility index (Phi) is 4.97. The number of carbonyl (C=O) groups is 2. The predicted molar refractivity (Wildman–Crippen MR) is 91.8 cm³/mol. The first kappa shape index (κ1) is 17.6. The van der Waals surface area contributed by atoms with Crippen LogP contribution in [-0.4, -0.2) is 40.5 Å². The highest BCUT2D eigenvalue weighted by Gasteiger charge is 2.29. The Balaban J connectivity index is 2.59. The van der Waals surface area contributed by atoms with Crippen LogP contribution in [0.25, 0.3) is 11.3 Å². The number of amides is 1. The van der Waals surface area contributed by atoms with E-state index in [1.165, 1.54) is 32.0 Å². The van der Waals surface area contributed by atoms with E-state index in [1.54, 1.807) is 6.07 Å². The molecule has 2 rings (SSSR count). The van der Waals surface area contributed by atoms with E-state index in [2.05, 4.69) is 5.10 Å². The molecule has 0 radical (unpaired) electrons. The molecule has 6 nitrogen and oxygen atoms in total. The minimum Gasteiger partial charge on any atom is -0.347 e. The molecule has 2 aromatic rings. The van der Waals surface area contributed by atoms with Gasteiger partial charge in [-0.25, -0.2) is 4.68 Å². The van der Waals surface area contributed by atoms with E-state index in [-0.39, 0.29) is 0 Å². The topological polar surface area (TPSA) is 72.3 Å². The van der Waals surface area contributed by atoms with Crippen LogP contribution in [0.15, 0.2) is 35.1 Å². The quantitative estimate of drug-likeness (QED) is 0.802. The van der Waals surface area contributed by atoms with E-state index in [9.17, 15) is 14.4 Å². The molecule has 126 valence electrons. The van der Waals surface area contributed by atoms with E-state index >= 15 is 0 Å². The van der Waals surface area contributed by atoms with E-state index in [4.69, 9.17) is 0 Å². The first-order valence-electron chi connectivity index (χ1n) is 7.61. The molecule has 0 aliphatic rings. The van der Waals surface area contributed by atoms with Crippen LogP contribution >= 0.6 is 0 Å². The van der Waals surface area contributed by atoms with E-state index in [0.717, 1.165) is 21.4 Å². The van der Waals surface area contributed by atoms with Crippen LogP contribution in [0.5, 0.6) is 0 Å². The molecule has 0 N–H and O–H groups in total. The number of aromatic nitrogens is 2. The number of aryl methyl sites for hydroxylation is 2. The number of ketones is 1. The zero-order valence-corrected chi connectivity index (χ0v) is 14.5. The summed E-state index contributed by atoms with van der Waals surface area (Å²) in [5.74, 6) is -0.908. The van der Waals surface area contributed by atoms with Crippen molar-refractivity contribution in [2.75, 3.05) is 14.1 Å². The Morgan fingerprint density at radius 3 is 2.29 bits per heavy atom. The fourth-order valence-electron chi connectivity index (χ4n) is 2.36. The standard InChI is InChI=1S/C18H21N3O3/c1-11-6-7-14(10-12(11)2)15-8-9-16(23)21(19-15)17(13(3)22)18(24)20(4)5/h6-10,17H,1-5H3/t17-/m1/s1. The molecule has 0 aliphatic heterocycles. The Labute approximate surface area is 140 Å². The molecule has 0 bridgehead atoms. The molecule has 1 heterocycles. The molecule has 1 amide bonds. The third kappa shape index (κ3) is 3.42. The highest BCUT2D eigenvalue weighted by atomic mass is 16.2. The number of benzene rings is 1. The normalized spacial score (nSPS) is 11.9. The van der Waals surface area contributed by atoms with Gasteiger partial charge in [0.05, 0.1) is 5.69 Å². The lowest BCUT2D eigenvalue weighted by atomic mass is 10.0. The molecule has 0 saturated carbocycles. The van der Waals surface area contributed by atoms with Gasteiger partial charge < -0.3 is 4.90 Å². The van der Waals surface area contributed by atoms with Crippen LogP contribution in [-0.2, 0) is 9.59 Å². The zero-order chi connectivity index (χ0) is 18.0. The van der Waals surface area contributed by atoms with Crippen LogP contribution in [0, 0.1) is 13.8 Å². The van der Waals surface area contributed by atoms with Crippen molar-refractivity contribution in [1.29, 1.82) is 0 Å². The number of carbonyl (C=O) groups excluding carboxylic acids is 2. The Morgan fingerprint density at radius 1 is 1.08 bits per heavy atom. The number of rotatable bonds is 4. The summed E-state index contributed by atoms with van der Waals surface area (Å²) < 4.78 is 0.967. The van der Waals surface area contributed by atoms with Crippen LogP contribution in [0.4, 0.5) is 0 Å². The average Bonchev–Trinajstić information content (AvgIpc) is 2.51. The fraction of sp³-hybridized carbons (Fsp3) is 0.333. The smallest absolute Gasteiger partial charge is 0.267 e. The van der Waals surface area contributed by atoms with Gasteiger partial charge in [0.15, 0.2) is 11.8 Å². The number of likely N-dealkylation sites (N-methyl/N-ethyl adjacent to an activating group) is 1. The second-order valence-electron chi connectivity index (χ2n) is 6.05. The highest BCUT2D eigenvalue weighted by Crippen LogP contribution is 2.20. The summed E-state index contributed by atoms with van der Waals surface area (Å²) in [6.07, 6.45) is 0. The van der Waals surface area contributed by atoms with Crippen molar-refractivity contribution in [1.82, 2.24) is 14.7 Å². The molecule has 0 spiro atoms. The molecule has 0 fully saturated rings. The molecule has 1 aromatic carbocycles. The fourth-order valence-corrected chi connectivity index (χ4v) is 2.36. The maximum absolute atomic E-state index is 12.3. The van der Waals surface area contributed by atoms with Gasteiger partial charge in [0.25, 0.3) is 11.5 Å². The Morgan fingerprint density at radius 2 is 1.75 bits per heavy atom. The monoisotopic (exact) mass is 327 g/mol. The molecule has 1 atom stereocenters. The molecule has 0 aliphatic carbocycles. The molecular formula is C18H21N3O3. The summed E-state index contributed by atoms with van der Waals surface area (Å²) >= 11 is 0. The van der Waals surface area contributed by atoms with Crippen LogP contribution in [0.1, 0.15) is 24.1 Å². The average molecular weight is 327 g/mol. The van der Waals surface area contributed by atoms with Crippen molar-refractivity contribution in [3.05, 3.63) is 51.8 Å². The summed E-state index contributed by atoms with van der Waals surface area (Å²) in [4.78, 5) is 37.7. The molecule has 6 heteroatoms. The third-order valence-corrected chi connectivity index (χ3v) is 3.93. The molecule has 0 unspecified atom stereocenters. The Bertz CT molecular complexity index is 853. The zero-order valence-electron chi connectivity index (χ0n) is 14.5. The van der Waals surface area contributed by atoms with Crippen LogP contribution in [0.3, 0.4) is 0 Å². The van der Waals surface area contributed by atoms with Gasteiger partial charge in [-0.05, 0) is 44.0 Å². The van der Waals surface area contributed by atoms with Crippen molar-refractivity contribution in [2.24, 2.45) is 0 Å². The second kappa shape index (κ2) is 6.78. The lowest BCUT2D eigenvalue weighted by Gasteiger charge is -2.19. The van der Waals surface area contributed by atoms with E-state index in [0.29, 0.717) is 5.69 Å². The summed E-state index contributed by atoms with van der Waals surface area (Å²) in [5.41, 5.74) is 3.12. The largest absolute Gasteiger partial charge is 0.347 e. The lowest BCUT2D eigenvalue weighted by molar-refractivity contribution is -0.138. The first-order chi connectivity index (χ1) is 11.2. The molecule has 24 heavy (non-hydrogen) atoms. The van der Waals surface area contributed by atoms with Crippen molar-refractivity contribution in [3.8, 4) is 11.3 Å². The van der Waals surface area contributed by atoms with Gasteiger partial charge in [-0.15, -0.1) is 0 Å². The molecule has 1 aromatic heterocycles. The Hall–Kier alpha value is -2.76. The van der Waals surface area contributed by atoms with Gasteiger partial charge in [-0.2, -0.15) is 5.10 Å². The lowest BCUT2D eigenvalue weighted by Crippen LogP contribution is -2.41. The van der Waals surface area contributed by atoms with Gasteiger partial charge in [0, 0.05) is 25.7 Å². The molecule has 0 saturated heterocycles. The number of nitrogens with zero attached hydrogens (tertiary/aromatic N) is 3. The van der Waals surface area contributed by atoms with Gasteiger partial charge in [0.2, 0.25) is 0 Å². The maximum Gasteiger partial charge on any atom is 0.267 e. The maximum atomic E-state index is 12.3. The minimum absolute atomic E-state index is 0.430. The van der Waals surface area contributed by atoms with E-state index < -0.39 is 23.3 Å². The van der Waals surface area contributed by atoms with E-state index in [1.807, 2.05) is 32.0 Å². The number of Topliss-reactive ketones (excluding diaryl/α,β-unsaturated/α-hetero) is 1. The molecular weight excluding hydrogens is 306 g/mol. The van der Waals surface area contributed by atoms with Gasteiger partial charge in [-0.3, -0.25) is 14.4 Å². The van der Waals surface area contributed by atoms with Gasteiger partial charge in [0.1, 0.15) is 0 Å². The van der Waals surface area contributed by atoms with Crippen LogP contribution in [0.2, 0.25) is 0 Å². The van der Waals surface area contributed by atoms with Crippen molar-refractivity contribution in [3.63, 3.8) is 0 Å². The number of hydrogen-bond donors (Lipinski definition) is 0.